The lowest BCUT2D eigenvalue weighted by atomic mass is 10.1. The topological polar surface area (TPSA) is 69.5 Å². The van der Waals surface area contributed by atoms with Crippen LogP contribution in [0.4, 0.5) is 0 Å². The zero-order valence-electron chi connectivity index (χ0n) is 12.0. The van der Waals surface area contributed by atoms with Gasteiger partial charge in [-0.1, -0.05) is 12.1 Å². The second-order valence-electron chi connectivity index (χ2n) is 5.00. The van der Waals surface area contributed by atoms with Gasteiger partial charge in [0, 0.05) is 11.3 Å². The Balaban J connectivity index is 1.79. The predicted molar refractivity (Wildman–Crippen MR) is 88.1 cm³/mol. The van der Waals surface area contributed by atoms with Crippen molar-refractivity contribution in [3.8, 4) is 0 Å². The molecule has 0 unspecified atom stereocenters. The zero-order chi connectivity index (χ0) is 15.4. The molecule has 0 fully saturated rings. The van der Waals surface area contributed by atoms with Crippen LogP contribution in [0.2, 0.25) is 0 Å². The Labute approximate surface area is 136 Å². The first-order chi connectivity index (χ1) is 10.8. The molecule has 0 aliphatic carbocycles. The molecule has 3 rings (SSSR count). The van der Waals surface area contributed by atoms with E-state index in [1.807, 2.05) is 34.3 Å². The van der Waals surface area contributed by atoms with Crippen LogP contribution in [0.15, 0.2) is 40.1 Å². The summed E-state index contributed by atoms with van der Waals surface area (Å²) in [5.41, 5.74) is 0.976. The van der Waals surface area contributed by atoms with E-state index in [9.17, 15) is 4.79 Å². The van der Waals surface area contributed by atoms with Gasteiger partial charge in [0.25, 0.3) is 5.91 Å². The average molecular weight is 336 g/mol. The maximum Gasteiger partial charge on any atom is 0.298 e. The van der Waals surface area contributed by atoms with E-state index in [1.165, 1.54) is 0 Å². The highest BCUT2D eigenvalue weighted by Gasteiger charge is 2.34. The number of rotatable bonds is 6. The summed E-state index contributed by atoms with van der Waals surface area (Å²) in [5.74, 6) is -0.0154. The fourth-order valence-electron chi connectivity index (χ4n) is 2.44. The number of hydrazone groups is 1. The second kappa shape index (κ2) is 7.15. The van der Waals surface area contributed by atoms with Gasteiger partial charge < -0.3 is 10.4 Å². The lowest BCUT2D eigenvalue weighted by Gasteiger charge is -2.19. The van der Waals surface area contributed by atoms with Crippen molar-refractivity contribution in [2.24, 2.45) is 5.10 Å². The molecular formula is C15H18N3O2S2+. The minimum atomic E-state index is -0.0154. The Bertz CT molecular complexity index is 638. The van der Waals surface area contributed by atoms with Crippen LogP contribution in [0.3, 0.4) is 0 Å². The van der Waals surface area contributed by atoms with Gasteiger partial charge >= 0.3 is 0 Å². The van der Waals surface area contributed by atoms with E-state index in [-0.39, 0.29) is 18.6 Å². The van der Waals surface area contributed by atoms with Crippen LogP contribution in [-0.2, 0) is 4.79 Å². The van der Waals surface area contributed by atoms with Crippen molar-refractivity contribution in [2.75, 3.05) is 19.7 Å². The van der Waals surface area contributed by atoms with Crippen molar-refractivity contribution in [3.05, 3.63) is 44.8 Å². The molecule has 0 spiro atoms. The van der Waals surface area contributed by atoms with E-state index >= 15 is 0 Å². The lowest BCUT2D eigenvalue weighted by molar-refractivity contribution is -0.645. The van der Waals surface area contributed by atoms with Crippen LogP contribution >= 0.6 is 22.7 Å². The third kappa shape index (κ3) is 3.27. The molecule has 0 aromatic carbocycles. The first-order valence-electron chi connectivity index (χ1n) is 7.19. The predicted octanol–water partition coefficient (Wildman–Crippen LogP) is 1.04. The molecule has 3 N–H and O–H groups in total. The average Bonchev–Trinajstić information content (AvgIpc) is 3.26. The van der Waals surface area contributed by atoms with Crippen LogP contribution in [0.25, 0.3) is 0 Å². The number of thiophene rings is 2. The Morgan fingerprint density at radius 1 is 1.36 bits per heavy atom. The first kappa shape index (κ1) is 15.4. The molecule has 7 heteroatoms. The fourth-order valence-corrected chi connectivity index (χ4v) is 3.98. The van der Waals surface area contributed by atoms with Gasteiger partial charge in [0.05, 0.1) is 29.8 Å². The number of hydrogen-bond acceptors (Lipinski definition) is 5. The fraction of sp³-hybridized carbons (Fsp3) is 0.333. The largest absolute Gasteiger partial charge is 0.391 e. The summed E-state index contributed by atoms with van der Waals surface area (Å²) in [5, 5.41) is 20.9. The molecule has 1 atom stereocenters. The molecule has 1 aliphatic heterocycles. The highest BCUT2D eigenvalue weighted by Crippen LogP contribution is 2.35. The second-order valence-corrected chi connectivity index (χ2v) is 6.93. The SMILES string of the molecule is O=C(C[NH2+]CCO)N1N=C(c2cccs2)C[C@@H]1c1cccs1. The van der Waals surface area contributed by atoms with Gasteiger partial charge in [0.1, 0.15) is 0 Å². The third-order valence-corrected chi connectivity index (χ3v) is 5.39. The van der Waals surface area contributed by atoms with E-state index in [2.05, 4.69) is 11.2 Å². The summed E-state index contributed by atoms with van der Waals surface area (Å²) < 4.78 is 0. The lowest BCUT2D eigenvalue weighted by Crippen LogP contribution is -2.87. The number of nitrogens with two attached hydrogens (primary N) is 1. The van der Waals surface area contributed by atoms with Crippen LogP contribution in [0.5, 0.6) is 0 Å². The van der Waals surface area contributed by atoms with Gasteiger partial charge in [-0.15, -0.1) is 22.7 Å². The molecule has 0 saturated carbocycles. The van der Waals surface area contributed by atoms with Gasteiger partial charge in [-0.2, -0.15) is 5.10 Å². The van der Waals surface area contributed by atoms with E-state index in [4.69, 9.17) is 5.11 Å². The van der Waals surface area contributed by atoms with E-state index in [0.717, 1.165) is 21.9 Å². The molecule has 0 saturated heterocycles. The van der Waals surface area contributed by atoms with Crippen molar-refractivity contribution >= 4 is 34.3 Å². The maximum atomic E-state index is 12.5. The van der Waals surface area contributed by atoms with Crippen LogP contribution in [-0.4, -0.2) is 41.4 Å². The summed E-state index contributed by atoms with van der Waals surface area (Å²) in [6.07, 6.45) is 0.757. The van der Waals surface area contributed by atoms with E-state index < -0.39 is 0 Å². The van der Waals surface area contributed by atoms with Crippen molar-refractivity contribution in [3.63, 3.8) is 0 Å². The molecule has 0 radical (unpaired) electrons. The van der Waals surface area contributed by atoms with Gasteiger partial charge in [-0.05, 0) is 22.9 Å². The minimum Gasteiger partial charge on any atom is -0.391 e. The summed E-state index contributed by atoms with van der Waals surface area (Å²) in [7, 11) is 0. The normalized spacial score (nSPS) is 17.8. The summed E-state index contributed by atoms with van der Waals surface area (Å²) >= 11 is 3.30. The standard InChI is InChI=1S/C15H17N3O2S2/c19-6-5-16-10-15(20)18-12(14-4-2-8-22-14)9-11(17-18)13-3-1-7-21-13/h1-4,7-8,12,16,19H,5-6,9-10H2/p+1/t12-/m1/s1. The molecular weight excluding hydrogens is 318 g/mol. The van der Waals surface area contributed by atoms with Crippen LogP contribution in [0, 0.1) is 0 Å². The molecule has 5 nitrogen and oxygen atoms in total. The van der Waals surface area contributed by atoms with Gasteiger partial charge in [-0.25, -0.2) is 5.01 Å². The summed E-state index contributed by atoms with van der Waals surface area (Å²) in [4.78, 5) is 14.7. The number of carbonyl (C=O) groups excluding carboxylic acids is 1. The molecule has 1 aliphatic rings. The van der Waals surface area contributed by atoms with Gasteiger partial charge in [-0.3, -0.25) is 4.79 Å². The number of hydrogen-bond donors (Lipinski definition) is 2. The Kier molecular flexibility index (Phi) is 4.99. The summed E-state index contributed by atoms with van der Waals surface area (Å²) in [6.45, 7) is 0.916. The van der Waals surface area contributed by atoms with Crippen molar-refractivity contribution in [1.82, 2.24) is 5.01 Å². The third-order valence-electron chi connectivity index (χ3n) is 3.50. The molecule has 1 amide bonds. The number of aliphatic hydroxyl groups excluding tert-OH is 1. The Morgan fingerprint density at radius 2 is 2.18 bits per heavy atom. The number of nitrogens with zero attached hydrogens (tertiary/aromatic N) is 2. The monoisotopic (exact) mass is 336 g/mol. The highest BCUT2D eigenvalue weighted by atomic mass is 32.1. The molecule has 0 bridgehead atoms. The smallest absolute Gasteiger partial charge is 0.298 e. The zero-order valence-corrected chi connectivity index (χ0v) is 13.6. The quantitative estimate of drug-likeness (QED) is 0.774. The maximum absolute atomic E-state index is 12.5. The molecule has 2 aromatic heterocycles. The van der Waals surface area contributed by atoms with Crippen molar-refractivity contribution in [1.29, 1.82) is 0 Å². The van der Waals surface area contributed by atoms with Gasteiger partial charge in [0.2, 0.25) is 0 Å². The van der Waals surface area contributed by atoms with Crippen LogP contribution < -0.4 is 5.32 Å². The number of quaternary nitrogens is 1. The summed E-state index contributed by atoms with van der Waals surface area (Å²) in [6, 6.07) is 8.10. The Hall–Kier alpha value is -1.54. The van der Waals surface area contributed by atoms with E-state index in [1.54, 1.807) is 27.7 Å². The highest BCUT2D eigenvalue weighted by molar-refractivity contribution is 7.12. The first-order valence-corrected chi connectivity index (χ1v) is 8.95. The van der Waals surface area contributed by atoms with Crippen molar-refractivity contribution < 1.29 is 15.2 Å². The Morgan fingerprint density at radius 3 is 2.86 bits per heavy atom. The molecule has 22 heavy (non-hydrogen) atoms. The number of carbonyl (C=O) groups is 1. The van der Waals surface area contributed by atoms with Gasteiger partial charge in [0.15, 0.2) is 6.54 Å². The van der Waals surface area contributed by atoms with E-state index in [0.29, 0.717) is 13.1 Å². The number of aliphatic hydroxyl groups is 1. The minimum absolute atomic E-state index is 0.00729. The number of amides is 1. The van der Waals surface area contributed by atoms with Crippen LogP contribution in [0.1, 0.15) is 22.2 Å². The molecule has 2 aromatic rings. The van der Waals surface area contributed by atoms with Crippen molar-refractivity contribution in [2.45, 2.75) is 12.5 Å². The molecule has 3 heterocycles. The molecule has 116 valence electrons.